The molecule has 0 spiro atoms. The van der Waals surface area contributed by atoms with E-state index in [2.05, 4.69) is 20.4 Å². The van der Waals surface area contributed by atoms with Gasteiger partial charge in [-0.3, -0.25) is 4.79 Å². The molecule has 2 heterocycles. The van der Waals surface area contributed by atoms with Gasteiger partial charge in [-0.05, 0) is 19.9 Å². The Kier molecular flexibility index (Phi) is 3.45. The molecule has 3 N–H and O–H groups in total. The molecule has 1 amide bonds. The van der Waals surface area contributed by atoms with Crippen molar-refractivity contribution < 1.29 is 15.0 Å². The Morgan fingerprint density at radius 2 is 2.16 bits per heavy atom. The second-order valence-electron chi connectivity index (χ2n) is 4.56. The molecule has 0 unspecified atom stereocenters. The van der Waals surface area contributed by atoms with Crippen LogP contribution in [0.25, 0.3) is 5.78 Å². The Morgan fingerprint density at radius 3 is 2.74 bits per heavy atom. The molecule has 2 rings (SSSR count). The number of aliphatic hydroxyl groups is 2. The van der Waals surface area contributed by atoms with Gasteiger partial charge in [0.05, 0.1) is 18.8 Å². The Morgan fingerprint density at radius 1 is 1.47 bits per heavy atom. The number of aromatic nitrogens is 4. The second-order valence-corrected chi connectivity index (χ2v) is 4.56. The molecule has 2 aromatic rings. The van der Waals surface area contributed by atoms with E-state index in [1.807, 2.05) is 6.92 Å². The molecule has 0 radical (unpaired) electrons. The van der Waals surface area contributed by atoms with Crippen LogP contribution in [0.3, 0.4) is 0 Å². The van der Waals surface area contributed by atoms with E-state index in [4.69, 9.17) is 10.2 Å². The highest BCUT2D eigenvalue weighted by Gasteiger charge is 2.27. The lowest BCUT2D eigenvalue weighted by Crippen LogP contribution is -2.52. The van der Waals surface area contributed by atoms with Crippen molar-refractivity contribution in [1.82, 2.24) is 24.9 Å². The smallest absolute Gasteiger partial charge is 0.291 e. The summed E-state index contributed by atoms with van der Waals surface area (Å²) in [5.74, 6) is -0.315. The Balaban J connectivity index is 2.30. The molecule has 0 aliphatic heterocycles. The standard InChI is InChI=1S/C11H15N5O3/c1-7-3-4-12-10-13-8(15-16(7)10)9(19)14-11(2,5-17)6-18/h3-4,17-18H,5-6H2,1-2H3,(H,14,19). The van der Waals surface area contributed by atoms with Crippen LogP contribution in [0, 0.1) is 6.92 Å². The van der Waals surface area contributed by atoms with E-state index in [1.54, 1.807) is 12.3 Å². The van der Waals surface area contributed by atoms with E-state index >= 15 is 0 Å². The van der Waals surface area contributed by atoms with Gasteiger partial charge in [0.2, 0.25) is 5.82 Å². The molecule has 8 heteroatoms. The summed E-state index contributed by atoms with van der Waals surface area (Å²) in [7, 11) is 0. The molecule has 0 fully saturated rings. The van der Waals surface area contributed by atoms with E-state index < -0.39 is 11.4 Å². The lowest BCUT2D eigenvalue weighted by atomic mass is 10.1. The Bertz CT molecular complexity index is 605. The molecular weight excluding hydrogens is 250 g/mol. The molecule has 0 bridgehead atoms. The van der Waals surface area contributed by atoms with E-state index in [-0.39, 0.29) is 19.0 Å². The molecule has 0 aliphatic rings. The van der Waals surface area contributed by atoms with E-state index in [0.29, 0.717) is 5.78 Å². The summed E-state index contributed by atoms with van der Waals surface area (Å²) >= 11 is 0. The first-order chi connectivity index (χ1) is 8.99. The second kappa shape index (κ2) is 4.90. The fourth-order valence-corrected chi connectivity index (χ4v) is 1.46. The first-order valence-corrected chi connectivity index (χ1v) is 5.72. The highest BCUT2D eigenvalue weighted by Crippen LogP contribution is 2.05. The fraction of sp³-hybridized carbons (Fsp3) is 0.455. The van der Waals surface area contributed by atoms with Gasteiger partial charge in [-0.1, -0.05) is 0 Å². The molecule has 2 aromatic heterocycles. The quantitative estimate of drug-likeness (QED) is 0.647. The van der Waals surface area contributed by atoms with E-state index in [9.17, 15) is 4.79 Å². The number of fused-ring (bicyclic) bond motifs is 1. The lowest BCUT2D eigenvalue weighted by molar-refractivity contribution is 0.0715. The molecule has 102 valence electrons. The Labute approximate surface area is 109 Å². The number of nitrogens with zero attached hydrogens (tertiary/aromatic N) is 4. The number of hydrogen-bond donors (Lipinski definition) is 3. The van der Waals surface area contributed by atoms with Crippen LogP contribution in [0.1, 0.15) is 23.2 Å². The summed E-state index contributed by atoms with van der Waals surface area (Å²) in [6.07, 6.45) is 1.58. The topological polar surface area (TPSA) is 113 Å². The van der Waals surface area contributed by atoms with Crippen LogP contribution in [0.15, 0.2) is 12.3 Å². The van der Waals surface area contributed by atoms with Crippen LogP contribution in [-0.2, 0) is 0 Å². The molecule has 0 aliphatic carbocycles. The van der Waals surface area contributed by atoms with Crippen molar-refractivity contribution in [2.45, 2.75) is 19.4 Å². The van der Waals surface area contributed by atoms with Crippen LogP contribution < -0.4 is 5.32 Å². The Hall–Kier alpha value is -2.06. The number of aryl methyl sites for hydroxylation is 1. The maximum absolute atomic E-state index is 12.0. The van der Waals surface area contributed by atoms with Crippen molar-refractivity contribution in [1.29, 1.82) is 0 Å². The summed E-state index contributed by atoms with van der Waals surface area (Å²) in [6, 6.07) is 1.74. The van der Waals surface area contributed by atoms with Crippen LogP contribution in [0.5, 0.6) is 0 Å². The molecule has 19 heavy (non-hydrogen) atoms. The van der Waals surface area contributed by atoms with Crippen molar-refractivity contribution in [3.63, 3.8) is 0 Å². The van der Waals surface area contributed by atoms with Crippen molar-refractivity contribution in [3.05, 3.63) is 23.8 Å². The molecule has 0 atom stereocenters. The average molecular weight is 265 g/mol. The minimum Gasteiger partial charge on any atom is -0.394 e. The van der Waals surface area contributed by atoms with Crippen LogP contribution in [-0.4, -0.2) is 54.5 Å². The number of hydrogen-bond acceptors (Lipinski definition) is 6. The van der Waals surface area contributed by atoms with Gasteiger partial charge in [0.1, 0.15) is 0 Å². The zero-order chi connectivity index (χ0) is 14.0. The fourth-order valence-electron chi connectivity index (χ4n) is 1.46. The highest BCUT2D eigenvalue weighted by molar-refractivity contribution is 5.91. The van der Waals surface area contributed by atoms with Gasteiger partial charge >= 0.3 is 0 Å². The molecule has 0 aromatic carbocycles. The summed E-state index contributed by atoms with van der Waals surface area (Å²) in [5, 5.41) is 24.8. The highest BCUT2D eigenvalue weighted by atomic mass is 16.3. The summed E-state index contributed by atoms with van der Waals surface area (Å²) in [4.78, 5) is 19.9. The van der Waals surface area contributed by atoms with Gasteiger partial charge in [-0.25, -0.2) is 9.50 Å². The number of carbonyl (C=O) groups is 1. The van der Waals surface area contributed by atoms with Gasteiger partial charge in [0, 0.05) is 11.9 Å². The monoisotopic (exact) mass is 265 g/mol. The normalized spacial score (nSPS) is 11.8. The zero-order valence-corrected chi connectivity index (χ0v) is 10.7. The number of amides is 1. The van der Waals surface area contributed by atoms with Crippen molar-refractivity contribution in [2.75, 3.05) is 13.2 Å². The number of aliphatic hydroxyl groups excluding tert-OH is 2. The summed E-state index contributed by atoms with van der Waals surface area (Å²) < 4.78 is 1.45. The largest absolute Gasteiger partial charge is 0.394 e. The predicted molar refractivity (Wildman–Crippen MR) is 65.6 cm³/mol. The third-order valence-electron chi connectivity index (χ3n) is 2.75. The molecule has 0 saturated heterocycles. The van der Waals surface area contributed by atoms with Gasteiger partial charge in [0.15, 0.2) is 0 Å². The van der Waals surface area contributed by atoms with E-state index in [0.717, 1.165) is 5.69 Å². The third kappa shape index (κ3) is 2.54. The van der Waals surface area contributed by atoms with Gasteiger partial charge in [0.25, 0.3) is 11.7 Å². The maximum Gasteiger partial charge on any atom is 0.291 e. The minimum atomic E-state index is -1.11. The number of nitrogens with one attached hydrogen (secondary N) is 1. The lowest BCUT2D eigenvalue weighted by Gasteiger charge is -2.25. The van der Waals surface area contributed by atoms with Crippen LogP contribution >= 0.6 is 0 Å². The minimum absolute atomic E-state index is 0.0603. The SMILES string of the molecule is Cc1ccnc2nc(C(=O)NC(C)(CO)CO)nn12. The summed E-state index contributed by atoms with van der Waals surface area (Å²) in [6.45, 7) is 2.56. The third-order valence-corrected chi connectivity index (χ3v) is 2.75. The zero-order valence-electron chi connectivity index (χ0n) is 10.7. The first-order valence-electron chi connectivity index (χ1n) is 5.72. The van der Waals surface area contributed by atoms with Crippen LogP contribution in [0.2, 0.25) is 0 Å². The number of rotatable bonds is 4. The van der Waals surface area contributed by atoms with Gasteiger partial charge < -0.3 is 15.5 Å². The summed E-state index contributed by atoms with van der Waals surface area (Å²) in [5.41, 5.74) is -0.319. The van der Waals surface area contributed by atoms with Gasteiger partial charge in [-0.15, -0.1) is 5.10 Å². The average Bonchev–Trinajstić information content (AvgIpc) is 2.84. The van der Waals surface area contributed by atoms with Crippen molar-refractivity contribution in [3.8, 4) is 0 Å². The first kappa shape index (κ1) is 13.4. The molecular formula is C11H15N5O3. The molecule has 8 nitrogen and oxygen atoms in total. The van der Waals surface area contributed by atoms with Crippen LogP contribution in [0.4, 0.5) is 0 Å². The number of carbonyl (C=O) groups excluding carboxylic acids is 1. The predicted octanol–water partition coefficient (Wildman–Crippen LogP) is -1.09. The van der Waals surface area contributed by atoms with Crippen molar-refractivity contribution in [2.24, 2.45) is 0 Å². The van der Waals surface area contributed by atoms with Crippen molar-refractivity contribution >= 4 is 11.7 Å². The molecule has 0 saturated carbocycles. The van der Waals surface area contributed by atoms with Gasteiger partial charge in [-0.2, -0.15) is 4.98 Å². The van der Waals surface area contributed by atoms with E-state index in [1.165, 1.54) is 11.4 Å². The maximum atomic E-state index is 12.0.